The number of hydrogen-bond acceptors (Lipinski definition) is 4. The van der Waals surface area contributed by atoms with Crippen molar-refractivity contribution in [3.8, 4) is 0 Å². The van der Waals surface area contributed by atoms with Gasteiger partial charge in [-0.15, -0.1) is 11.3 Å². The Balaban J connectivity index is 1.65. The van der Waals surface area contributed by atoms with Crippen molar-refractivity contribution in [3.63, 3.8) is 0 Å². The van der Waals surface area contributed by atoms with Gasteiger partial charge in [0, 0.05) is 18.9 Å². The van der Waals surface area contributed by atoms with E-state index >= 15 is 0 Å². The average Bonchev–Trinajstić information content (AvgIpc) is 2.80. The van der Waals surface area contributed by atoms with Crippen LogP contribution in [0.2, 0.25) is 0 Å². The van der Waals surface area contributed by atoms with Crippen molar-refractivity contribution in [2.45, 2.75) is 50.9 Å². The molecule has 0 aromatic carbocycles. The molecule has 0 unspecified atom stereocenters. The first-order valence-electron chi connectivity index (χ1n) is 7.69. The van der Waals surface area contributed by atoms with Gasteiger partial charge in [0.1, 0.15) is 4.88 Å². The van der Waals surface area contributed by atoms with Crippen molar-refractivity contribution in [1.82, 2.24) is 9.88 Å². The molecule has 1 saturated heterocycles. The molecule has 1 saturated carbocycles. The van der Waals surface area contributed by atoms with Crippen LogP contribution in [-0.2, 0) is 6.42 Å². The summed E-state index contributed by atoms with van der Waals surface area (Å²) in [5.41, 5.74) is 0.863. The van der Waals surface area contributed by atoms with Crippen LogP contribution in [0, 0.1) is 0 Å². The van der Waals surface area contributed by atoms with E-state index in [4.69, 9.17) is 0 Å². The fourth-order valence-corrected chi connectivity index (χ4v) is 4.01. The lowest BCUT2D eigenvalue weighted by Crippen LogP contribution is -2.31. The average molecular weight is 294 g/mol. The molecule has 1 aliphatic heterocycles. The summed E-state index contributed by atoms with van der Waals surface area (Å²) in [5.74, 6) is -0.394. The maximum atomic E-state index is 11.3. The molecule has 0 bridgehead atoms. The Morgan fingerprint density at radius 3 is 2.60 bits per heavy atom. The highest BCUT2D eigenvalue weighted by Crippen LogP contribution is 2.39. The van der Waals surface area contributed by atoms with Crippen LogP contribution in [0.3, 0.4) is 0 Å². The van der Waals surface area contributed by atoms with Crippen molar-refractivity contribution >= 4 is 17.3 Å². The first-order valence-corrected chi connectivity index (χ1v) is 8.51. The number of thiazole rings is 1. The van der Waals surface area contributed by atoms with Crippen LogP contribution in [0.15, 0.2) is 0 Å². The minimum absolute atomic E-state index is 0.404. The highest BCUT2D eigenvalue weighted by Gasteiger charge is 2.28. The zero-order valence-corrected chi connectivity index (χ0v) is 12.6. The summed E-state index contributed by atoms with van der Waals surface area (Å²) in [6.07, 6.45) is 8.27. The summed E-state index contributed by atoms with van der Waals surface area (Å²) in [5, 5.41) is 10.3. The Bertz CT molecular complexity index is 476. The van der Waals surface area contributed by atoms with Gasteiger partial charge in [0.2, 0.25) is 0 Å². The zero-order valence-electron chi connectivity index (χ0n) is 11.8. The molecule has 110 valence electrons. The van der Waals surface area contributed by atoms with Crippen molar-refractivity contribution in [3.05, 3.63) is 15.6 Å². The van der Waals surface area contributed by atoms with Crippen molar-refractivity contribution < 1.29 is 9.90 Å². The molecule has 0 radical (unpaired) electrons. The topological polar surface area (TPSA) is 53.4 Å². The maximum Gasteiger partial charge on any atom is 0.347 e. The summed E-state index contributed by atoms with van der Waals surface area (Å²) in [6.45, 7) is 3.40. The SMILES string of the molecule is O=C(O)c1sc(CCN2CCCCC2)nc1C1CCC1. The molecule has 3 rings (SSSR count). The summed E-state index contributed by atoms with van der Waals surface area (Å²) >= 11 is 1.40. The second-order valence-corrected chi connectivity index (χ2v) is 6.99. The smallest absolute Gasteiger partial charge is 0.347 e. The number of hydrogen-bond donors (Lipinski definition) is 1. The molecule has 4 nitrogen and oxygen atoms in total. The van der Waals surface area contributed by atoms with E-state index < -0.39 is 5.97 Å². The molecule has 5 heteroatoms. The van der Waals surface area contributed by atoms with Crippen molar-refractivity contribution in [2.75, 3.05) is 19.6 Å². The van der Waals surface area contributed by atoms with Crippen LogP contribution in [-0.4, -0.2) is 40.6 Å². The highest BCUT2D eigenvalue weighted by molar-refractivity contribution is 7.13. The summed E-state index contributed by atoms with van der Waals surface area (Å²) in [6, 6.07) is 0. The number of carboxylic acid groups (broad SMARTS) is 1. The van der Waals surface area contributed by atoms with Crippen LogP contribution in [0.4, 0.5) is 0 Å². The van der Waals surface area contributed by atoms with Gasteiger partial charge in [0.25, 0.3) is 0 Å². The number of piperidine rings is 1. The van der Waals surface area contributed by atoms with Crippen LogP contribution >= 0.6 is 11.3 Å². The fraction of sp³-hybridized carbons (Fsp3) is 0.733. The molecule has 2 aliphatic rings. The molecule has 1 N–H and O–H groups in total. The van der Waals surface area contributed by atoms with Crippen LogP contribution in [0.5, 0.6) is 0 Å². The lowest BCUT2D eigenvalue weighted by Gasteiger charge is -2.26. The Morgan fingerprint density at radius 1 is 1.25 bits per heavy atom. The monoisotopic (exact) mass is 294 g/mol. The van der Waals surface area contributed by atoms with Gasteiger partial charge >= 0.3 is 5.97 Å². The number of carbonyl (C=O) groups is 1. The van der Waals surface area contributed by atoms with Gasteiger partial charge in [0.05, 0.1) is 10.7 Å². The Labute approximate surface area is 123 Å². The zero-order chi connectivity index (χ0) is 13.9. The van der Waals surface area contributed by atoms with E-state index in [0.29, 0.717) is 10.8 Å². The lowest BCUT2D eigenvalue weighted by atomic mass is 9.82. The van der Waals surface area contributed by atoms with E-state index in [0.717, 1.165) is 36.5 Å². The number of rotatable bonds is 5. The molecular formula is C15H22N2O2S. The van der Waals surface area contributed by atoms with Gasteiger partial charge in [-0.3, -0.25) is 0 Å². The van der Waals surface area contributed by atoms with E-state index in [9.17, 15) is 9.90 Å². The number of nitrogens with zero attached hydrogens (tertiary/aromatic N) is 2. The van der Waals surface area contributed by atoms with Gasteiger partial charge in [-0.2, -0.15) is 0 Å². The molecule has 2 heterocycles. The first kappa shape index (κ1) is 14.0. The highest BCUT2D eigenvalue weighted by atomic mass is 32.1. The quantitative estimate of drug-likeness (QED) is 0.906. The predicted octanol–water partition coefficient (Wildman–Crippen LogP) is 3.14. The van der Waals surface area contributed by atoms with Crippen molar-refractivity contribution in [1.29, 1.82) is 0 Å². The van der Waals surface area contributed by atoms with Gasteiger partial charge < -0.3 is 10.0 Å². The minimum atomic E-state index is -0.798. The van der Waals surface area contributed by atoms with E-state index in [1.165, 1.54) is 50.1 Å². The second kappa shape index (κ2) is 6.22. The summed E-state index contributed by atoms with van der Waals surface area (Å²) in [7, 11) is 0. The van der Waals surface area contributed by atoms with Gasteiger partial charge in [-0.25, -0.2) is 9.78 Å². The van der Waals surface area contributed by atoms with Gasteiger partial charge in [-0.1, -0.05) is 12.8 Å². The number of likely N-dealkylation sites (tertiary alicyclic amines) is 1. The van der Waals surface area contributed by atoms with Crippen molar-refractivity contribution in [2.24, 2.45) is 0 Å². The van der Waals surface area contributed by atoms with Crippen LogP contribution in [0.25, 0.3) is 0 Å². The standard InChI is InChI=1S/C15H22N2O2S/c18-15(19)14-13(11-5-4-6-11)16-12(20-14)7-10-17-8-2-1-3-9-17/h11H,1-10H2,(H,18,19). The largest absolute Gasteiger partial charge is 0.477 e. The normalized spacial score (nSPS) is 20.8. The first-order chi connectivity index (χ1) is 9.74. The molecular weight excluding hydrogens is 272 g/mol. The fourth-order valence-electron chi connectivity index (χ4n) is 3.03. The lowest BCUT2D eigenvalue weighted by molar-refractivity contribution is 0.0699. The van der Waals surface area contributed by atoms with E-state index in [2.05, 4.69) is 9.88 Å². The molecule has 1 aromatic rings. The third kappa shape index (κ3) is 3.04. The molecule has 1 aliphatic carbocycles. The maximum absolute atomic E-state index is 11.3. The molecule has 20 heavy (non-hydrogen) atoms. The molecule has 0 spiro atoms. The minimum Gasteiger partial charge on any atom is -0.477 e. The molecule has 1 aromatic heterocycles. The molecule has 0 atom stereocenters. The van der Waals surface area contributed by atoms with Crippen LogP contribution < -0.4 is 0 Å². The summed E-state index contributed by atoms with van der Waals surface area (Å²) in [4.78, 5) is 19.0. The Hall–Kier alpha value is -0.940. The third-order valence-electron chi connectivity index (χ3n) is 4.47. The van der Waals surface area contributed by atoms with E-state index in [-0.39, 0.29) is 0 Å². The Kier molecular flexibility index (Phi) is 4.36. The van der Waals surface area contributed by atoms with Gasteiger partial charge in [0.15, 0.2) is 0 Å². The second-order valence-electron chi connectivity index (χ2n) is 5.91. The third-order valence-corrected chi connectivity index (χ3v) is 5.59. The number of aromatic nitrogens is 1. The number of carboxylic acids is 1. The summed E-state index contributed by atoms with van der Waals surface area (Å²) < 4.78 is 0. The van der Waals surface area contributed by atoms with Gasteiger partial charge in [-0.05, 0) is 38.8 Å². The molecule has 0 amide bonds. The van der Waals surface area contributed by atoms with Crippen LogP contribution in [0.1, 0.15) is 64.8 Å². The van der Waals surface area contributed by atoms with E-state index in [1.807, 2.05) is 0 Å². The predicted molar refractivity (Wildman–Crippen MR) is 79.7 cm³/mol. The molecule has 2 fully saturated rings. The van der Waals surface area contributed by atoms with E-state index in [1.54, 1.807) is 0 Å². The Morgan fingerprint density at radius 2 is 2.00 bits per heavy atom. The number of aromatic carboxylic acids is 1.